The number of aliphatic hydroxyl groups excluding tert-OH is 1. The summed E-state index contributed by atoms with van der Waals surface area (Å²) < 4.78 is 5.55. The van der Waals surface area contributed by atoms with Crippen LogP contribution in [0.2, 0.25) is 0 Å². The molecule has 4 rings (SSSR count). The number of hydrogen-bond donors (Lipinski definition) is 1. The minimum absolute atomic E-state index is 0.00594. The fourth-order valence-electron chi connectivity index (χ4n) is 3.95. The molecule has 2 aromatic rings. The lowest BCUT2D eigenvalue weighted by Crippen LogP contribution is -2.33. The van der Waals surface area contributed by atoms with Crippen LogP contribution in [0.15, 0.2) is 65.9 Å². The van der Waals surface area contributed by atoms with Crippen molar-refractivity contribution < 1.29 is 19.6 Å². The fourth-order valence-corrected chi connectivity index (χ4v) is 3.95. The quantitative estimate of drug-likeness (QED) is 0.650. The average Bonchev–Trinajstić information content (AvgIpc) is 2.99. The van der Waals surface area contributed by atoms with Crippen LogP contribution in [0.5, 0.6) is 0 Å². The molecular weight excluding hydrogens is 360 g/mol. The molecule has 0 spiro atoms. The van der Waals surface area contributed by atoms with Crippen LogP contribution in [0.25, 0.3) is 0 Å². The van der Waals surface area contributed by atoms with Crippen molar-refractivity contribution in [2.24, 2.45) is 5.92 Å². The molecular formula is C21H20N2O5. The van der Waals surface area contributed by atoms with E-state index in [0.717, 1.165) is 16.7 Å². The van der Waals surface area contributed by atoms with Gasteiger partial charge in [-0.3, -0.25) is 14.9 Å². The molecule has 0 fully saturated rings. The molecule has 144 valence electrons. The van der Waals surface area contributed by atoms with Crippen LogP contribution in [-0.4, -0.2) is 33.7 Å². The number of carbonyl (C=O) groups is 1. The summed E-state index contributed by atoms with van der Waals surface area (Å²) in [5.41, 5.74) is 2.65. The molecule has 0 radical (unpaired) electrons. The predicted octanol–water partition coefficient (Wildman–Crippen LogP) is 2.96. The fraction of sp³-hybridized carbons (Fsp3) is 0.286. The summed E-state index contributed by atoms with van der Waals surface area (Å²) in [4.78, 5) is 25.0. The van der Waals surface area contributed by atoms with Gasteiger partial charge in [-0.15, -0.1) is 0 Å². The number of hydrogen-bond acceptors (Lipinski definition) is 5. The van der Waals surface area contributed by atoms with Crippen molar-refractivity contribution >= 4 is 11.6 Å². The first kappa shape index (κ1) is 18.2. The first-order valence-corrected chi connectivity index (χ1v) is 9.11. The molecule has 0 saturated heterocycles. The zero-order valence-electron chi connectivity index (χ0n) is 15.3. The van der Waals surface area contributed by atoms with Crippen LogP contribution in [0.1, 0.15) is 24.0 Å². The second-order valence-electron chi connectivity index (χ2n) is 7.20. The molecule has 3 atom stereocenters. The lowest BCUT2D eigenvalue weighted by molar-refractivity contribution is -0.384. The number of non-ortho nitro benzene ring substituents is 1. The highest BCUT2D eigenvalue weighted by Gasteiger charge is 2.45. The SMILES string of the molecule is C[C@@H]1[C@@H](c2ccc([N+](=O)[O-])cc2)C2=C(O[C@@H]1O)C(=O)N(Cc1ccccc1)C2. The number of nitro benzene ring substituents is 1. The average molecular weight is 380 g/mol. The van der Waals surface area contributed by atoms with Crippen LogP contribution < -0.4 is 0 Å². The van der Waals surface area contributed by atoms with Gasteiger partial charge in [-0.25, -0.2) is 0 Å². The Bertz CT molecular complexity index is 939. The van der Waals surface area contributed by atoms with E-state index in [1.165, 1.54) is 12.1 Å². The molecule has 1 amide bonds. The summed E-state index contributed by atoms with van der Waals surface area (Å²) in [5.74, 6) is -0.574. The van der Waals surface area contributed by atoms with Crippen LogP contribution in [0.4, 0.5) is 5.69 Å². The van der Waals surface area contributed by atoms with Crippen molar-refractivity contribution in [3.8, 4) is 0 Å². The van der Waals surface area contributed by atoms with E-state index in [2.05, 4.69) is 0 Å². The third kappa shape index (κ3) is 3.14. The monoisotopic (exact) mass is 380 g/mol. The summed E-state index contributed by atoms with van der Waals surface area (Å²) in [7, 11) is 0. The predicted molar refractivity (Wildman–Crippen MR) is 101 cm³/mol. The highest BCUT2D eigenvalue weighted by Crippen LogP contribution is 2.44. The van der Waals surface area contributed by atoms with E-state index >= 15 is 0 Å². The first-order valence-electron chi connectivity index (χ1n) is 9.11. The third-order valence-corrected chi connectivity index (χ3v) is 5.40. The lowest BCUT2D eigenvalue weighted by Gasteiger charge is -2.34. The Balaban J connectivity index is 1.65. The largest absolute Gasteiger partial charge is 0.459 e. The number of nitrogens with zero attached hydrogens (tertiary/aromatic N) is 2. The van der Waals surface area contributed by atoms with E-state index in [0.29, 0.717) is 13.1 Å². The van der Waals surface area contributed by atoms with Crippen molar-refractivity contribution in [1.82, 2.24) is 4.90 Å². The lowest BCUT2D eigenvalue weighted by atomic mass is 9.79. The summed E-state index contributed by atoms with van der Waals surface area (Å²) >= 11 is 0. The maximum Gasteiger partial charge on any atom is 0.289 e. The number of benzene rings is 2. The van der Waals surface area contributed by atoms with E-state index in [-0.39, 0.29) is 29.2 Å². The molecule has 28 heavy (non-hydrogen) atoms. The van der Waals surface area contributed by atoms with Crippen LogP contribution in [0.3, 0.4) is 0 Å². The van der Waals surface area contributed by atoms with Gasteiger partial charge in [-0.1, -0.05) is 49.4 Å². The van der Waals surface area contributed by atoms with Crippen molar-refractivity contribution in [1.29, 1.82) is 0 Å². The van der Waals surface area contributed by atoms with E-state index in [1.807, 2.05) is 37.3 Å². The van der Waals surface area contributed by atoms with Crippen LogP contribution in [-0.2, 0) is 16.1 Å². The van der Waals surface area contributed by atoms with Crippen molar-refractivity contribution in [3.05, 3.63) is 87.2 Å². The Morgan fingerprint density at radius 1 is 1.18 bits per heavy atom. The molecule has 0 aliphatic carbocycles. The Hall–Kier alpha value is -3.19. The second kappa shape index (κ2) is 7.09. The van der Waals surface area contributed by atoms with E-state index in [1.54, 1.807) is 17.0 Å². The number of aliphatic hydroxyl groups is 1. The molecule has 2 aliphatic heterocycles. The first-order chi connectivity index (χ1) is 13.5. The third-order valence-electron chi connectivity index (χ3n) is 5.40. The molecule has 0 saturated carbocycles. The Morgan fingerprint density at radius 2 is 1.86 bits per heavy atom. The standard InChI is InChI=1S/C21H20N2O5/c1-13-18(15-7-9-16(10-8-15)23(26)27)17-12-22(11-14-5-3-2-4-6-14)20(24)19(17)28-21(13)25/h2-10,13,18,21,25H,11-12H2,1H3/t13-,18+,21+/m1/s1. The molecule has 2 aromatic carbocycles. The number of carbonyl (C=O) groups excluding carboxylic acids is 1. The van der Waals surface area contributed by atoms with Gasteiger partial charge in [0.05, 0.1) is 4.92 Å². The minimum atomic E-state index is -1.11. The van der Waals surface area contributed by atoms with Crippen molar-refractivity contribution in [2.75, 3.05) is 6.54 Å². The second-order valence-corrected chi connectivity index (χ2v) is 7.20. The van der Waals surface area contributed by atoms with E-state index < -0.39 is 11.2 Å². The number of ether oxygens (including phenoxy) is 1. The maximum absolute atomic E-state index is 12.9. The molecule has 0 bridgehead atoms. The molecule has 0 unspecified atom stereocenters. The van der Waals surface area contributed by atoms with Crippen molar-refractivity contribution in [3.63, 3.8) is 0 Å². The van der Waals surface area contributed by atoms with Gasteiger partial charge in [0, 0.05) is 42.6 Å². The van der Waals surface area contributed by atoms with Crippen LogP contribution >= 0.6 is 0 Å². The summed E-state index contributed by atoms with van der Waals surface area (Å²) in [6.07, 6.45) is -1.11. The van der Waals surface area contributed by atoms with Gasteiger partial charge in [0.15, 0.2) is 5.76 Å². The van der Waals surface area contributed by atoms with Gasteiger partial charge in [0.2, 0.25) is 6.29 Å². The van der Waals surface area contributed by atoms with Gasteiger partial charge in [-0.05, 0) is 11.1 Å². The molecule has 0 aromatic heterocycles. The van der Waals surface area contributed by atoms with Crippen LogP contribution in [0, 0.1) is 16.0 Å². The molecule has 2 heterocycles. The smallest absolute Gasteiger partial charge is 0.289 e. The van der Waals surface area contributed by atoms with E-state index in [4.69, 9.17) is 4.74 Å². The Morgan fingerprint density at radius 3 is 2.50 bits per heavy atom. The normalized spacial score (nSPS) is 24.1. The zero-order chi connectivity index (χ0) is 19.8. The Kier molecular flexibility index (Phi) is 4.60. The minimum Gasteiger partial charge on any atom is -0.459 e. The summed E-state index contributed by atoms with van der Waals surface area (Å²) in [5, 5.41) is 21.3. The zero-order valence-corrected chi connectivity index (χ0v) is 15.3. The molecule has 7 nitrogen and oxygen atoms in total. The number of amides is 1. The van der Waals surface area contributed by atoms with Gasteiger partial charge < -0.3 is 14.7 Å². The molecule has 2 aliphatic rings. The maximum atomic E-state index is 12.9. The Labute approximate surface area is 162 Å². The highest BCUT2D eigenvalue weighted by atomic mass is 16.6. The molecule has 7 heteroatoms. The van der Waals surface area contributed by atoms with Gasteiger partial charge >= 0.3 is 0 Å². The highest BCUT2D eigenvalue weighted by molar-refractivity contribution is 5.95. The van der Waals surface area contributed by atoms with E-state index in [9.17, 15) is 20.0 Å². The summed E-state index contributed by atoms with van der Waals surface area (Å²) in [6.45, 7) is 2.71. The summed E-state index contributed by atoms with van der Waals surface area (Å²) in [6, 6.07) is 15.9. The topological polar surface area (TPSA) is 92.9 Å². The number of rotatable bonds is 4. The van der Waals surface area contributed by atoms with Gasteiger partial charge in [0.25, 0.3) is 11.6 Å². The van der Waals surface area contributed by atoms with Gasteiger partial charge in [0.1, 0.15) is 0 Å². The van der Waals surface area contributed by atoms with Gasteiger partial charge in [-0.2, -0.15) is 0 Å². The number of nitro groups is 1. The molecule has 1 N–H and O–H groups in total. The van der Waals surface area contributed by atoms with Crippen molar-refractivity contribution in [2.45, 2.75) is 25.7 Å².